The maximum atomic E-state index is 12.7. The Morgan fingerprint density at radius 2 is 1.72 bits per heavy atom. The van der Waals surface area contributed by atoms with Crippen molar-refractivity contribution in [3.05, 3.63) is 59.7 Å². The van der Waals surface area contributed by atoms with Crippen molar-refractivity contribution in [1.82, 2.24) is 0 Å². The molecule has 2 aromatic rings. The minimum absolute atomic E-state index is 0.0708. The van der Waals surface area contributed by atoms with Crippen molar-refractivity contribution in [2.24, 2.45) is 10.3 Å². The molecule has 1 N–H and O–H groups in total. The number of alkyl halides is 3. The van der Waals surface area contributed by atoms with Crippen LogP contribution in [0.4, 0.5) is 13.2 Å². The molecule has 132 valence electrons. The van der Waals surface area contributed by atoms with Crippen LogP contribution < -0.4 is 4.74 Å². The van der Waals surface area contributed by atoms with E-state index in [1.807, 2.05) is 0 Å². The lowest BCUT2D eigenvalue weighted by Gasteiger charge is -2.10. The van der Waals surface area contributed by atoms with Crippen LogP contribution >= 0.6 is 0 Å². The third-order valence-electron chi connectivity index (χ3n) is 3.20. The number of halogens is 3. The smallest absolute Gasteiger partial charge is 0.416 e. The number of oxime groups is 2. The molecule has 0 fully saturated rings. The number of benzene rings is 2. The Hall–Kier alpha value is -3.03. The van der Waals surface area contributed by atoms with Crippen LogP contribution in [0.2, 0.25) is 0 Å². The Bertz CT molecular complexity index is 784. The number of ether oxygens (including phenoxy) is 1. The van der Waals surface area contributed by atoms with Crippen LogP contribution in [-0.2, 0) is 11.0 Å². The first-order chi connectivity index (χ1) is 11.8. The Labute approximate surface area is 142 Å². The van der Waals surface area contributed by atoms with Gasteiger partial charge in [-0.25, -0.2) is 0 Å². The highest BCUT2D eigenvalue weighted by atomic mass is 19.4. The van der Waals surface area contributed by atoms with Gasteiger partial charge in [0.15, 0.2) is 0 Å². The third-order valence-corrected chi connectivity index (χ3v) is 3.20. The minimum Gasteiger partial charge on any atom is -0.457 e. The Morgan fingerprint density at radius 3 is 2.28 bits per heavy atom. The average Bonchev–Trinajstić information content (AvgIpc) is 2.59. The van der Waals surface area contributed by atoms with Crippen molar-refractivity contribution in [1.29, 1.82) is 0 Å². The number of hydrogen-bond acceptors (Lipinski definition) is 5. The maximum Gasteiger partial charge on any atom is 0.416 e. The second kappa shape index (κ2) is 7.69. The Morgan fingerprint density at radius 1 is 1.04 bits per heavy atom. The molecular formula is C17H15F3N2O3. The van der Waals surface area contributed by atoms with Gasteiger partial charge in [0.05, 0.1) is 5.56 Å². The molecule has 8 heteroatoms. The van der Waals surface area contributed by atoms with Crippen LogP contribution in [-0.4, -0.2) is 23.7 Å². The fourth-order valence-electron chi connectivity index (χ4n) is 2.02. The van der Waals surface area contributed by atoms with E-state index in [-0.39, 0.29) is 11.5 Å². The van der Waals surface area contributed by atoms with Gasteiger partial charge in [0.25, 0.3) is 0 Å². The molecule has 0 bridgehead atoms. The van der Waals surface area contributed by atoms with Crippen molar-refractivity contribution in [2.75, 3.05) is 7.11 Å². The van der Waals surface area contributed by atoms with Crippen LogP contribution in [0.1, 0.15) is 18.1 Å². The Balaban J connectivity index is 2.22. The molecule has 0 heterocycles. The summed E-state index contributed by atoms with van der Waals surface area (Å²) in [6, 6.07) is 11.0. The van der Waals surface area contributed by atoms with Gasteiger partial charge in [-0.3, -0.25) is 0 Å². The lowest BCUT2D eigenvalue weighted by atomic mass is 10.1. The van der Waals surface area contributed by atoms with Gasteiger partial charge in [-0.05, 0) is 49.4 Å². The molecule has 0 aliphatic rings. The fourth-order valence-corrected chi connectivity index (χ4v) is 2.02. The first-order valence-electron chi connectivity index (χ1n) is 7.11. The lowest BCUT2D eigenvalue weighted by molar-refractivity contribution is -0.137. The van der Waals surface area contributed by atoms with Crippen LogP contribution in [0.3, 0.4) is 0 Å². The highest BCUT2D eigenvalue weighted by molar-refractivity contribution is 6.47. The zero-order chi connectivity index (χ0) is 18.4. The molecule has 5 nitrogen and oxygen atoms in total. The third kappa shape index (κ3) is 4.72. The maximum absolute atomic E-state index is 12.7. The van der Waals surface area contributed by atoms with Crippen molar-refractivity contribution >= 4 is 11.4 Å². The number of rotatable bonds is 5. The summed E-state index contributed by atoms with van der Waals surface area (Å²) in [7, 11) is 1.36. The van der Waals surface area contributed by atoms with Crippen LogP contribution in [0.15, 0.2) is 58.8 Å². The van der Waals surface area contributed by atoms with Gasteiger partial charge in [-0.1, -0.05) is 16.4 Å². The van der Waals surface area contributed by atoms with E-state index in [4.69, 9.17) is 14.8 Å². The summed E-state index contributed by atoms with van der Waals surface area (Å²) in [5.74, 6) is 0.417. The van der Waals surface area contributed by atoms with Crippen LogP contribution in [0.25, 0.3) is 0 Å². The van der Waals surface area contributed by atoms with Gasteiger partial charge < -0.3 is 14.8 Å². The summed E-state index contributed by atoms with van der Waals surface area (Å²) in [5, 5.41) is 15.7. The average molecular weight is 352 g/mol. The summed E-state index contributed by atoms with van der Waals surface area (Å²) in [6.07, 6.45) is -4.43. The van der Waals surface area contributed by atoms with E-state index in [1.165, 1.54) is 19.2 Å². The van der Waals surface area contributed by atoms with E-state index in [0.717, 1.165) is 12.1 Å². The van der Waals surface area contributed by atoms with E-state index in [1.54, 1.807) is 31.2 Å². The minimum atomic E-state index is -4.43. The molecule has 0 saturated heterocycles. The molecule has 0 aliphatic carbocycles. The highest BCUT2D eigenvalue weighted by Crippen LogP contribution is 2.32. The van der Waals surface area contributed by atoms with Crippen LogP contribution in [0, 0.1) is 0 Å². The zero-order valence-electron chi connectivity index (χ0n) is 13.4. The molecule has 0 amide bonds. The second-order valence-electron chi connectivity index (χ2n) is 4.96. The van der Waals surface area contributed by atoms with Crippen LogP contribution in [0.5, 0.6) is 11.5 Å². The molecule has 0 spiro atoms. The monoisotopic (exact) mass is 352 g/mol. The Kier molecular flexibility index (Phi) is 5.63. The summed E-state index contributed by atoms with van der Waals surface area (Å²) >= 11 is 0. The SMILES string of the molecule is CON=C(C(C)=NO)c1ccc(Oc2cccc(C(F)(F)F)c2)cc1. The summed E-state index contributed by atoms with van der Waals surface area (Å²) in [6.45, 7) is 1.55. The van der Waals surface area contributed by atoms with Gasteiger partial charge in [0.2, 0.25) is 0 Å². The van der Waals surface area contributed by atoms with Crippen molar-refractivity contribution in [2.45, 2.75) is 13.1 Å². The zero-order valence-corrected chi connectivity index (χ0v) is 13.4. The summed E-state index contributed by atoms with van der Waals surface area (Å²) in [4.78, 5) is 4.71. The highest BCUT2D eigenvalue weighted by Gasteiger charge is 2.30. The van der Waals surface area contributed by atoms with Gasteiger partial charge in [0, 0.05) is 5.56 Å². The second-order valence-corrected chi connectivity index (χ2v) is 4.96. The lowest BCUT2D eigenvalue weighted by Crippen LogP contribution is -2.12. The predicted molar refractivity (Wildman–Crippen MR) is 86.4 cm³/mol. The number of hydrogen-bond donors (Lipinski definition) is 1. The molecule has 0 atom stereocenters. The molecule has 0 aliphatic heterocycles. The standard InChI is InChI=1S/C17H15F3N2O3/c1-11(21-23)16(22-24-2)12-6-8-14(9-7-12)25-15-5-3-4-13(10-15)17(18,19)20/h3-10,23H,1-2H3. The van der Waals surface area contributed by atoms with Crippen molar-refractivity contribution < 1.29 is 28.0 Å². The first kappa shape index (κ1) is 18.3. The molecule has 0 aromatic heterocycles. The predicted octanol–water partition coefficient (Wildman–Crippen LogP) is 4.70. The van der Waals surface area contributed by atoms with Crippen molar-refractivity contribution in [3.8, 4) is 11.5 Å². The van der Waals surface area contributed by atoms with Gasteiger partial charge in [-0.2, -0.15) is 13.2 Å². The molecule has 0 radical (unpaired) electrons. The normalized spacial score (nSPS) is 12.8. The largest absolute Gasteiger partial charge is 0.457 e. The van der Waals surface area contributed by atoms with Gasteiger partial charge in [0.1, 0.15) is 30.0 Å². The van der Waals surface area contributed by atoms with E-state index in [9.17, 15) is 13.2 Å². The molecule has 2 rings (SSSR count). The fraction of sp³-hybridized carbons (Fsp3) is 0.176. The van der Waals surface area contributed by atoms with E-state index in [0.29, 0.717) is 17.0 Å². The number of nitrogens with zero attached hydrogens (tertiary/aromatic N) is 2. The molecule has 2 aromatic carbocycles. The molecule has 25 heavy (non-hydrogen) atoms. The quantitative estimate of drug-likeness (QED) is 0.482. The van der Waals surface area contributed by atoms with Crippen molar-refractivity contribution in [3.63, 3.8) is 0 Å². The molecular weight excluding hydrogens is 337 g/mol. The molecule has 0 unspecified atom stereocenters. The summed E-state index contributed by atoms with van der Waals surface area (Å²) in [5.41, 5.74) is 0.364. The molecule has 0 saturated carbocycles. The first-order valence-corrected chi connectivity index (χ1v) is 7.11. The topological polar surface area (TPSA) is 63.4 Å². The van der Waals surface area contributed by atoms with E-state index < -0.39 is 11.7 Å². The van der Waals surface area contributed by atoms with E-state index in [2.05, 4.69) is 10.3 Å². The van der Waals surface area contributed by atoms with Gasteiger partial charge in [-0.15, -0.1) is 0 Å². The van der Waals surface area contributed by atoms with E-state index >= 15 is 0 Å². The van der Waals surface area contributed by atoms with Gasteiger partial charge >= 0.3 is 6.18 Å². The summed E-state index contributed by atoms with van der Waals surface area (Å²) < 4.78 is 43.6.